The van der Waals surface area contributed by atoms with E-state index in [0.29, 0.717) is 6.54 Å². The zero-order valence-electron chi connectivity index (χ0n) is 15.1. The van der Waals surface area contributed by atoms with Crippen LogP contribution < -0.4 is 0 Å². The molecule has 2 aromatic rings. The molecule has 4 rings (SSSR count). The number of aliphatic hydroxyl groups excluding tert-OH is 1. The highest BCUT2D eigenvalue weighted by atomic mass is 16.3. The largest absolute Gasteiger partial charge is 0.391 e. The highest BCUT2D eigenvalue weighted by Gasteiger charge is 2.49. The number of rotatable bonds is 7. The Labute approximate surface area is 149 Å². The van der Waals surface area contributed by atoms with Gasteiger partial charge in [-0.05, 0) is 50.8 Å². The molecule has 2 aliphatic rings. The Hall–Kier alpha value is -1.72. The van der Waals surface area contributed by atoms with Crippen LogP contribution in [-0.2, 0) is 18.5 Å². The van der Waals surface area contributed by atoms with Crippen LogP contribution in [-0.4, -0.2) is 44.0 Å². The molecule has 1 aliphatic heterocycles. The van der Waals surface area contributed by atoms with Crippen molar-refractivity contribution in [3.05, 3.63) is 47.5 Å². The molecule has 0 unspecified atom stereocenters. The van der Waals surface area contributed by atoms with Crippen molar-refractivity contribution in [2.75, 3.05) is 13.1 Å². The first-order valence-electron chi connectivity index (χ1n) is 9.61. The lowest BCUT2D eigenvalue weighted by Gasteiger charge is -2.15. The number of hydrogen-bond acceptors (Lipinski definition) is 4. The first-order valence-corrected chi connectivity index (χ1v) is 9.61. The van der Waals surface area contributed by atoms with Crippen LogP contribution in [0.25, 0.3) is 0 Å². The fraction of sp³-hybridized carbons (Fsp3) is 0.600. The molecule has 0 amide bonds. The summed E-state index contributed by atoms with van der Waals surface area (Å²) >= 11 is 0. The topological polar surface area (TPSA) is 54.2 Å². The van der Waals surface area contributed by atoms with Crippen molar-refractivity contribution in [1.82, 2.24) is 19.7 Å². The van der Waals surface area contributed by atoms with Gasteiger partial charge in [0.1, 0.15) is 5.82 Å². The van der Waals surface area contributed by atoms with E-state index in [-0.39, 0.29) is 11.5 Å². The van der Waals surface area contributed by atoms with Gasteiger partial charge in [0.05, 0.1) is 24.6 Å². The Morgan fingerprint density at radius 1 is 1.16 bits per heavy atom. The Morgan fingerprint density at radius 3 is 2.52 bits per heavy atom. The minimum Gasteiger partial charge on any atom is -0.391 e. The maximum Gasteiger partial charge on any atom is 0.161 e. The molecule has 1 aromatic heterocycles. The Balaban J connectivity index is 1.64. The average molecular weight is 340 g/mol. The van der Waals surface area contributed by atoms with Crippen LogP contribution in [0.5, 0.6) is 0 Å². The van der Waals surface area contributed by atoms with Gasteiger partial charge < -0.3 is 5.11 Å². The Morgan fingerprint density at radius 2 is 1.88 bits per heavy atom. The van der Waals surface area contributed by atoms with Gasteiger partial charge in [0.25, 0.3) is 0 Å². The zero-order valence-corrected chi connectivity index (χ0v) is 15.1. The minimum absolute atomic E-state index is 0.0105. The lowest BCUT2D eigenvalue weighted by Crippen LogP contribution is -2.24. The van der Waals surface area contributed by atoms with Crippen molar-refractivity contribution in [3.63, 3.8) is 0 Å². The third-order valence-electron chi connectivity index (χ3n) is 5.67. The van der Waals surface area contributed by atoms with Crippen molar-refractivity contribution in [1.29, 1.82) is 0 Å². The van der Waals surface area contributed by atoms with Crippen molar-refractivity contribution in [2.24, 2.45) is 0 Å². The predicted molar refractivity (Wildman–Crippen MR) is 97.3 cm³/mol. The number of aliphatic hydroxyl groups is 1. The Kier molecular flexibility index (Phi) is 4.61. The van der Waals surface area contributed by atoms with Crippen LogP contribution in [0.3, 0.4) is 0 Å². The first-order chi connectivity index (χ1) is 12.2. The summed E-state index contributed by atoms with van der Waals surface area (Å²) < 4.78 is 1.96. The van der Waals surface area contributed by atoms with Crippen LogP contribution in [0.1, 0.15) is 56.2 Å². The minimum atomic E-state index is -0.362. The molecule has 1 aliphatic carbocycles. The summed E-state index contributed by atoms with van der Waals surface area (Å²) in [6, 6.07) is 10.6. The lowest BCUT2D eigenvalue weighted by molar-refractivity contribution is 0.142. The summed E-state index contributed by atoms with van der Waals surface area (Å²) in [4.78, 5) is 7.42. The fourth-order valence-corrected chi connectivity index (χ4v) is 3.83. The Bertz CT molecular complexity index is 702. The monoisotopic (exact) mass is 340 g/mol. The highest BCUT2D eigenvalue weighted by molar-refractivity contribution is 5.39. The maximum atomic E-state index is 10.1. The number of benzene rings is 1. The molecule has 2 fully saturated rings. The molecule has 1 aromatic carbocycles. The van der Waals surface area contributed by atoms with Crippen LogP contribution in [0.15, 0.2) is 30.3 Å². The van der Waals surface area contributed by atoms with Crippen molar-refractivity contribution >= 4 is 0 Å². The third kappa shape index (κ3) is 3.35. The van der Waals surface area contributed by atoms with Crippen molar-refractivity contribution < 1.29 is 5.11 Å². The molecule has 0 bridgehead atoms. The van der Waals surface area contributed by atoms with E-state index in [4.69, 9.17) is 10.1 Å². The van der Waals surface area contributed by atoms with E-state index in [1.807, 2.05) is 11.6 Å². The second kappa shape index (κ2) is 6.89. The molecule has 1 N–H and O–H groups in total. The van der Waals surface area contributed by atoms with E-state index in [2.05, 4.69) is 35.2 Å². The third-order valence-corrected chi connectivity index (χ3v) is 5.67. The molecule has 5 heteroatoms. The second-order valence-corrected chi connectivity index (χ2v) is 7.53. The molecule has 5 nitrogen and oxygen atoms in total. The van der Waals surface area contributed by atoms with Gasteiger partial charge >= 0.3 is 0 Å². The number of likely N-dealkylation sites (tertiary alicyclic amines) is 1. The van der Waals surface area contributed by atoms with E-state index in [1.54, 1.807) is 0 Å². The van der Waals surface area contributed by atoms with Gasteiger partial charge in [-0.3, -0.25) is 4.90 Å². The standard InChI is InChI=1S/C20H28N4O/c1-2-17(25)14-24-18(15-23-12-6-7-13-23)21-19(22-24)20(10-11-20)16-8-4-3-5-9-16/h3-5,8-9,17,25H,2,6-7,10-15H2,1H3/t17-/m1/s1. The molecule has 1 saturated heterocycles. The average Bonchev–Trinajstić information content (AvgIpc) is 3.12. The molecular formula is C20H28N4O. The predicted octanol–water partition coefficient (Wildman–Crippen LogP) is 2.72. The lowest BCUT2D eigenvalue weighted by atomic mass is 9.95. The first kappa shape index (κ1) is 16.7. The van der Waals surface area contributed by atoms with Gasteiger partial charge in [-0.25, -0.2) is 9.67 Å². The molecule has 2 heterocycles. The summed E-state index contributed by atoms with van der Waals surface area (Å²) in [5, 5.41) is 15.0. The van der Waals surface area contributed by atoms with E-state index < -0.39 is 0 Å². The van der Waals surface area contributed by atoms with Gasteiger partial charge in [-0.15, -0.1) is 0 Å². The number of nitrogens with zero attached hydrogens (tertiary/aromatic N) is 4. The second-order valence-electron chi connectivity index (χ2n) is 7.53. The molecule has 0 spiro atoms. The van der Waals surface area contributed by atoms with Crippen molar-refractivity contribution in [2.45, 2.75) is 63.6 Å². The van der Waals surface area contributed by atoms with Crippen molar-refractivity contribution in [3.8, 4) is 0 Å². The van der Waals surface area contributed by atoms with Crippen LogP contribution in [0, 0.1) is 0 Å². The number of hydrogen-bond donors (Lipinski definition) is 1. The van der Waals surface area contributed by atoms with Crippen LogP contribution >= 0.6 is 0 Å². The summed E-state index contributed by atoms with van der Waals surface area (Å²) in [6.45, 7) is 5.67. The van der Waals surface area contributed by atoms with Crippen LogP contribution in [0.4, 0.5) is 0 Å². The quantitative estimate of drug-likeness (QED) is 0.842. The fourth-order valence-electron chi connectivity index (χ4n) is 3.83. The normalized spacial score (nSPS) is 20.7. The van der Waals surface area contributed by atoms with Gasteiger partial charge in [0.2, 0.25) is 0 Å². The summed E-state index contributed by atoms with van der Waals surface area (Å²) in [5.41, 5.74) is 1.31. The van der Waals surface area contributed by atoms with E-state index in [9.17, 15) is 5.11 Å². The van der Waals surface area contributed by atoms with Gasteiger partial charge in [-0.2, -0.15) is 5.10 Å². The van der Waals surface area contributed by atoms with Gasteiger partial charge in [-0.1, -0.05) is 37.3 Å². The summed E-state index contributed by atoms with van der Waals surface area (Å²) in [5.74, 6) is 1.95. The smallest absolute Gasteiger partial charge is 0.161 e. The molecule has 1 atom stereocenters. The zero-order chi connectivity index (χ0) is 17.3. The van der Waals surface area contributed by atoms with E-state index in [0.717, 1.165) is 50.5 Å². The van der Waals surface area contributed by atoms with E-state index >= 15 is 0 Å². The maximum absolute atomic E-state index is 10.1. The summed E-state index contributed by atoms with van der Waals surface area (Å²) in [7, 11) is 0. The molecule has 0 radical (unpaired) electrons. The molecular weight excluding hydrogens is 312 g/mol. The van der Waals surface area contributed by atoms with E-state index in [1.165, 1.54) is 18.4 Å². The molecule has 25 heavy (non-hydrogen) atoms. The molecule has 1 saturated carbocycles. The number of aromatic nitrogens is 3. The van der Waals surface area contributed by atoms with Gasteiger partial charge in [0, 0.05) is 0 Å². The molecule has 134 valence electrons. The summed E-state index contributed by atoms with van der Waals surface area (Å²) in [6.07, 6.45) is 5.14. The SMILES string of the molecule is CC[C@@H](O)Cn1nc(C2(c3ccccc3)CC2)nc1CN1CCCC1. The highest BCUT2D eigenvalue weighted by Crippen LogP contribution is 2.52. The van der Waals surface area contributed by atoms with Crippen LogP contribution in [0.2, 0.25) is 0 Å². The van der Waals surface area contributed by atoms with Gasteiger partial charge in [0.15, 0.2) is 5.82 Å².